The molecular formula is C21H23N5O3S. The van der Waals surface area contributed by atoms with Gasteiger partial charge in [0.25, 0.3) is 11.6 Å². The molecule has 1 saturated heterocycles. The van der Waals surface area contributed by atoms with E-state index < -0.39 is 0 Å². The molecule has 1 aromatic heterocycles. The molecule has 1 aliphatic heterocycles. The molecule has 1 aliphatic rings. The first kappa shape index (κ1) is 20.2. The lowest BCUT2D eigenvalue weighted by atomic mass is 10.1. The zero-order chi connectivity index (χ0) is 21.1. The Balaban J connectivity index is 1.27. The van der Waals surface area contributed by atoms with Gasteiger partial charge in [0, 0.05) is 57.0 Å². The van der Waals surface area contributed by atoms with Crippen LogP contribution in [0.15, 0.2) is 42.5 Å². The maximum Gasteiger partial charge on any atom is 0.270 e. The van der Waals surface area contributed by atoms with Crippen LogP contribution in [0.25, 0.3) is 10.2 Å². The smallest absolute Gasteiger partial charge is 0.270 e. The van der Waals surface area contributed by atoms with Crippen molar-refractivity contribution in [2.24, 2.45) is 0 Å². The number of nitro benzene ring substituents is 1. The van der Waals surface area contributed by atoms with Gasteiger partial charge in [-0.2, -0.15) is 0 Å². The number of fused-ring (bicyclic) bond motifs is 1. The van der Waals surface area contributed by atoms with Crippen LogP contribution in [-0.4, -0.2) is 60.0 Å². The fourth-order valence-electron chi connectivity index (χ4n) is 3.53. The number of carbonyl (C=O) groups excluding carboxylic acids is 1. The standard InChI is InChI=1S/C21H23N5O3S/c1-15-3-2-4-16(13-15)20(27)22-7-8-24-9-11-25(12-10-24)21-23-18-6-5-17(26(28)29)14-19(18)30-21/h2-6,13-14H,7-12H2,1H3,(H,22,27). The van der Waals surface area contributed by atoms with Crippen LogP contribution in [0.5, 0.6) is 0 Å². The quantitative estimate of drug-likeness (QED) is 0.482. The number of nitrogens with one attached hydrogen (secondary N) is 1. The lowest BCUT2D eigenvalue weighted by molar-refractivity contribution is -0.384. The zero-order valence-electron chi connectivity index (χ0n) is 16.7. The molecule has 0 radical (unpaired) electrons. The molecule has 4 rings (SSSR count). The molecule has 156 valence electrons. The summed E-state index contributed by atoms with van der Waals surface area (Å²) >= 11 is 1.49. The van der Waals surface area contributed by atoms with Crippen molar-refractivity contribution >= 4 is 38.3 Å². The summed E-state index contributed by atoms with van der Waals surface area (Å²) < 4.78 is 0.834. The Kier molecular flexibility index (Phi) is 5.91. The number of anilines is 1. The van der Waals surface area contributed by atoms with Gasteiger partial charge in [-0.1, -0.05) is 29.0 Å². The first-order chi connectivity index (χ1) is 14.5. The van der Waals surface area contributed by atoms with E-state index in [1.165, 1.54) is 17.4 Å². The van der Waals surface area contributed by atoms with Crippen molar-refractivity contribution < 1.29 is 9.72 Å². The highest BCUT2D eigenvalue weighted by Crippen LogP contribution is 2.31. The fourth-order valence-corrected chi connectivity index (χ4v) is 4.58. The highest BCUT2D eigenvalue weighted by molar-refractivity contribution is 7.22. The first-order valence-electron chi connectivity index (χ1n) is 9.87. The number of benzene rings is 2. The zero-order valence-corrected chi connectivity index (χ0v) is 17.5. The monoisotopic (exact) mass is 425 g/mol. The summed E-state index contributed by atoms with van der Waals surface area (Å²) in [6, 6.07) is 12.4. The molecule has 2 aromatic carbocycles. The molecular weight excluding hydrogens is 402 g/mol. The number of non-ortho nitro benzene ring substituents is 1. The van der Waals surface area contributed by atoms with Gasteiger partial charge in [-0.15, -0.1) is 0 Å². The summed E-state index contributed by atoms with van der Waals surface area (Å²) in [5, 5.41) is 14.9. The number of aromatic nitrogens is 1. The van der Waals surface area contributed by atoms with Gasteiger partial charge in [0.2, 0.25) is 0 Å². The molecule has 1 N–H and O–H groups in total. The Morgan fingerprint density at radius 1 is 1.20 bits per heavy atom. The Hall–Kier alpha value is -3.04. The van der Waals surface area contributed by atoms with E-state index in [-0.39, 0.29) is 16.5 Å². The fraction of sp³-hybridized carbons (Fsp3) is 0.333. The lowest BCUT2D eigenvalue weighted by Gasteiger charge is -2.34. The number of carbonyl (C=O) groups is 1. The summed E-state index contributed by atoms with van der Waals surface area (Å²) in [4.78, 5) is 32.0. The molecule has 0 saturated carbocycles. The average molecular weight is 426 g/mol. The Morgan fingerprint density at radius 2 is 2.00 bits per heavy atom. The number of hydrogen-bond donors (Lipinski definition) is 1. The van der Waals surface area contributed by atoms with Gasteiger partial charge in [-0.3, -0.25) is 19.8 Å². The molecule has 30 heavy (non-hydrogen) atoms. The van der Waals surface area contributed by atoms with E-state index >= 15 is 0 Å². The number of aryl methyl sites for hydroxylation is 1. The SMILES string of the molecule is Cc1cccc(C(=O)NCCN2CCN(c3nc4ccc([N+](=O)[O-])cc4s3)CC2)c1. The van der Waals surface area contributed by atoms with Gasteiger partial charge in [0.1, 0.15) is 0 Å². The Labute approximate surface area is 178 Å². The topological polar surface area (TPSA) is 91.6 Å². The van der Waals surface area contributed by atoms with Gasteiger partial charge >= 0.3 is 0 Å². The molecule has 2 heterocycles. The van der Waals surface area contributed by atoms with Crippen LogP contribution in [0.3, 0.4) is 0 Å². The molecule has 0 aliphatic carbocycles. The van der Waals surface area contributed by atoms with Crippen LogP contribution >= 0.6 is 11.3 Å². The van der Waals surface area contributed by atoms with Crippen LogP contribution in [-0.2, 0) is 0 Å². The normalized spacial score (nSPS) is 14.8. The van der Waals surface area contributed by atoms with Crippen LogP contribution in [0.4, 0.5) is 10.8 Å². The third kappa shape index (κ3) is 4.58. The summed E-state index contributed by atoms with van der Waals surface area (Å²) in [6.07, 6.45) is 0. The average Bonchev–Trinajstić information content (AvgIpc) is 3.17. The van der Waals surface area contributed by atoms with Gasteiger partial charge in [-0.25, -0.2) is 4.98 Å². The minimum absolute atomic E-state index is 0.0408. The van der Waals surface area contributed by atoms with E-state index in [0.717, 1.165) is 53.6 Å². The number of nitro groups is 1. The molecule has 0 bridgehead atoms. The highest BCUT2D eigenvalue weighted by atomic mass is 32.1. The number of hydrogen-bond acceptors (Lipinski definition) is 7. The van der Waals surface area contributed by atoms with Gasteiger partial charge in [0.05, 0.1) is 15.1 Å². The summed E-state index contributed by atoms with van der Waals surface area (Å²) in [6.45, 7) is 6.84. The number of amides is 1. The second-order valence-electron chi connectivity index (χ2n) is 7.36. The molecule has 0 atom stereocenters. The van der Waals surface area contributed by atoms with E-state index in [2.05, 4.69) is 20.1 Å². The maximum atomic E-state index is 12.2. The summed E-state index contributed by atoms with van der Waals surface area (Å²) in [5.74, 6) is -0.0408. The van der Waals surface area contributed by atoms with E-state index in [4.69, 9.17) is 0 Å². The van der Waals surface area contributed by atoms with E-state index in [1.54, 1.807) is 12.1 Å². The summed E-state index contributed by atoms with van der Waals surface area (Å²) in [7, 11) is 0. The second kappa shape index (κ2) is 8.76. The maximum absolute atomic E-state index is 12.2. The number of thiazole rings is 1. The molecule has 3 aromatic rings. The predicted octanol–water partition coefficient (Wildman–Crippen LogP) is 3.06. The lowest BCUT2D eigenvalue weighted by Crippen LogP contribution is -2.48. The first-order valence-corrected chi connectivity index (χ1v) is 10.7. The van der Waals surface area contributed by atoms with E-state index in [9.17, 15) is 14.9 Å². The second-order valence-corrected chi connectivity index (χ2v) is 8.37. The minimum atomic E-state index is -0.380. The van der Waals surface area contributed by atoms with Crippen molar-refractivity contribution in [3.8, 4) is 0 Å². The van der Waals surface area contributed by atoms with Gasteiger partial charge in [-0.05, 0) is 25.1 Å². The van der Waals surface area contributed by atoms with Crippen molar-refractivity contribution in [3.63, 3.8) is 0 Å². The molecule has 8 nitrogen and oxygen atoms in total. The van der Waals surface area contributed by atoms with Crippen LogP contribution < -0.4 is 10.2 Å². The third-order valence-electron chi connectivity index (χ3n) is 5.21. The summed E-state index contributed by atoms with van der Waals surface area (Å²) in [5.41, 5.74) is 2.65. The minimum Gasteiger partial charge on any atom is -0.351 e. The Morgan fingerprint density at radius 3 is 2.73 bits per heavy atom. The van der Waals surface area contributed by atoms with Crippen LogP contribution in [0, 0.1) is 17.0 Å². The van der Waals surface area contributed by atoms with Crippen molar-refractivity contribution in [1.82, 2.24) is 15.2 Å². The van der Waals surface area contributed by atoms with E-state index in [1.807, 2.05) is 31.2 Å². The van der Waals surface area contributed by atoms with Crippen molar-refractivity contribution in [3.05, 3.63) is 63.7 Å². The van der Waals surface area contributed by atoms with Crippen molar-refractivity contribution in [1.29, 1.82) is 0 Å². The largest absolute Gasteiger partial charge is 0.351 e. The molecule has 0 unspecified atom stereocenters. The molecule has 0 spiro atoms. The predicted molar refractivity (Wildman–Crippen MR) is 118 cm³/mol. The van der Waals surface area contributed by atoms with Gasteiger partial charge in [0.15, 0.2) is 5.13 Å². The van der Waals surface area contributed by atoms with Gasteiger partial charge < -0.3 is 10.2 Å². The highest BCUT2D eigenvalue weighted by Gasteiger charge is 2.20. The van der Waals surface area contributed by atoms with Crippen molar-refractivity contribution in [2.45, 2.75) is 6.92 Å². The number of rotatable bonds is 6. The van der Waals surface area contributed by atoms with Crippen molar-refractivity contribution in [2.75, 3.05) is 44.2 Å². The van der Waals surface area contributed by atoms with E-state index in [0.29, 0.717) is 12.1 Å². The van der Waals surface area contributed by atoms with Crippen LogP contribution in [0.2, 0.25) is 0 Å². The number of nitrogens with zero attached hydrogens (tertiary/aromatic N) is 4. The molecule has 1 amide bonds. The van der Waals surface area contributed by atoms with Crippen LogP contribution in [0.1, 0.15) is 15.9 Å². The third-order valence-corrected chi connectivity index (χ3v) is 6.29. The number of piperazine rings is 1. The molecule has 9 heteroatoms. The Bertz CT molecular complexity index is 1080. The molecule has 1 fully saturated rings.